The van der Waals surface area contributed by atoms with Crippen LogP contribution in [0.1, 0.15) is 5.89 Å². The first-order valence-electron chi connectivity index (χ1n) is 4.98. The molecule has 0 atom stereocenters. The molecule has 0 amide bonds. The van der Waals surface area contributed by atoms with Gasteiger partial charge in [0.05, 0.1) is 16.6 Å². The number of aromatic nitrogens is 2. The standard InChI is InChI=1S/C10H9Cl2FN4O/c1-14-4-8-16-17-10(18-8)15-5-2-6(11)9(13)7(12)3-5/h2-3,14H,4H2,1H3,(H,15,17). The molecule has 1 heterocycles. The molecular formula is C10H9Cl2FN4O. The van der Waals surface area contributed by atoms with Crippen LogP contribution >= 0.6 is 23.2 Å². The normalized spacial score (nSPS) is 10.7. The molecule has 0 aliphatic rings. The van der Waals surface area contributed by atoms with Gasteiger partial charge in [0.2, 0.25) is 5.89 Å². The topological polar surface area (TPSA) is 63.0 Å². The van der Waals surface area contributed by atoms with Crippen molar-refractivity contribution in [2.24, 2.45) is 0 Å². The monoisotopic (exact) mass is 290 g/mol. The molecule has 2 N–H and O–H groups in total. The molecule has 0 aliphatic heterocycles. The van der Waals surface area contributed by atoms with Crippen LogP contribution in [0.3, 0.4) is 0 Å². The summed E-state index contributed by atoms with van der Waals surface area (Å²) in [7, 11) is 1.76. The molecule has 0 saturated carbocycles. The van der Waals surface area contributed by atoms with Crippen molar-refractivity contribution in [3.63, 3.8) is 0 Å². The number of nitrogens with zero attached hydrogens (tertiary/aromatic N) is 2. The molecule has 0 spiro atoms. The number of hydrogen-bond acceptors (Lipinski definition) is 5. The quantitative estimate of drug-likeness (QED) is 0.848. The minimum Gasteiger partial charge on any atom is -0.406 e. The van der Waals surface area contributed by atoms with Gasteiger partial charge >= 0.3 is 6.01 Å². The Balaban J connectivity index is 2.17. The Bertz CT molecular complexity index is 538. The summed E-state index contributed by atoms with van der Waals surface area (Å²) in [6.07, 6.45) is 0. The van der Waals surface area contributed by atoms with Crippen LogP contribution in [0, 0.1) is 5.82 Å². The summed E-state index contributed by atoms with van der Waals surface area (Å²) in [6.45, 7) is 0.458. The van der Waals surface area contributed by atoms with Crippen molar-refractivity contribution in [2.75, 3.05) is 12.4 Å². The minimum absolute atomic E-state index is 0.0834. The Labute approximate surface area is 112 Å². The van der Waals surface area contributed by atoms with Gasteiger partial charge in [0.25, 0.3) is 0 Å². The fraction of sp³-hybridized carbons (Fsp3) is 0.200. The van der Waals surface area contributed by atoms with Crippen LogP contribution in [0.25, 0.3) is 0 Å². The van der Waals surface area contributed by atoms with E-state index in [4.69, 9.17) is 27.6 Å². The average molecular weight is 291 g/mol. The SMILES string of the molecule is CNCc1nnc(Nc2cc(Cl)c(F)c(Cl)c2)o1. The van der Waals surface area contributed by atoms with Crippen molar-refractivity contribution < 1.29 is 8.81 Å². The maximum Gasteiger partial charge on any atom is 0.320 e. The molecule has 0 radical (unpaired) electrons. The number of nitrogens with one attached hydrogen (secondary N) is 2. The van der Waals surface area contributed by atoms with Crippen molar-refractivity contribution >= 4 is 34.9 Å². The smallest absolute Gasteiger partial charge is 0.320 e. The average Bonchev–Trinajstić information content (AvgIpc) is 2.74. The van der Waals surface area contributed by atoms with Gasteiger partial charge in [-0.25, -0.2) is 4.39 Å². The largest absolute Gasteiger partial charge is 0.406 e. The summed E-state index contributed by atoms with van der Waals surface area (Å²) >= 11 is 11.3. The van der Waals surface area contributed by atoms with E-state index in [1.807, 2.05) is 0 Å². The van der Waals surface area contributed by atoms with Gasteiger partial charge in [0.15, 0.2) is 5.82 Å². The molecule has 96 valence electrons. The molecule has 1 aromatic carbocycles. The van der Waals surface area contributed by atoms with E-state index >= 15 is 0 Å². The molecule has 0 aliphatic carbocycles. The molecule has 0 bridgehead atoms. The van der Waals surface area contributed by atoms with Crippen molar-refractivity contribution in [2.45, 2.75) is 6.54 Å². The zero-order chi connectivity index (χ0) is 13.1. The molecule has 18 heavy (non-hydrogen) atoms. The molecule has 5 nitrogen and oxygen atoms in total. The van der Waals surface area contributed by atoms with Crippen molar-refractivity contribution in [1.29, 1.82) is 0 Å². The van der Waals surface area contributed by atoms with Gasteiger partial charge in [-0.1, -0.05) is 28.3 Å². The summed E-state index contributed by atoms with van der Waals surface area (Å²) in [5.41, 5.74) is 0.464. The van der Waals surface area contributed by atoms with Crippen LogP contribution in [0.5, 0.6) is 0 Å². The molecular weight excluding hydrogens is 282 g/mol. The molecule has 0 fully saturated rings. The second-order valence-electron chi connectivity index (χ2n) is 3.41. The highest BCUT2D eigenvalue weighted by Gasteiger charge is 2.10. The van der Waals surface area contributed by atoms with Gasteiger partial charge in [0, 0.05) is 5.69 Å². The van der Waals surface area contributed by atoms with Crippen LogP contribution in [0.2, 0.25) is 10.0 Å². The molecule has 0 unspecified atom stereocenters. The summed E-state index contributed by atoms with van der Waals surface area (Å²) in [5.74, 6) is -0.232. The van der Waals surface area contributed by atoms with Gasteiger partial charge in [-0.3, -0.25) is 0 Å². The third kappa shape index (κ3) is 2.90. The molecule has 1 aromatic heterocycles. The zero-order valence-electron chi connectivity index (χ0n) is 9.30. The maximum atomic E-state index is 13.2. The fourth-order valence-electron chi connectivity index (χ4n) is 1.28. The lowest BCUT2D eigenvalue weighted by molar-refractivity contribution is 0.493. The highest BCUT2D eigenvalue weighted by atomic mass is 35.5. The Morgan fingerprint density at radius 2 is 1.94 bits per heavy atom. The van der Waals surface area contributed by atoms with Crippen LogP contribution < -0.4 is 10.6 Å². The highest BCUT2D eigenvalue weighted by molar-refractivity contribution is 6.35. The fourth-order valence-corrected chi connectivity index (χ4v) is 1.77. The van der Waals surface area contributed by atoms with E-state index < -0.39 is 5.82 Å². The van der Waals surface area contributed by atoms with E-state index in [9.17, 15) is 4.39 Å². The number of anilines is 2. The molecule has 8 heteroatoms. The molecule has 2 aromatic rings. The van der Waals surface area contributed by atoms with Gasteiger partial charge < -0.3 is 15.1 Å². The van der Waals surface area contributed by atoms with E-state index in [0.29, 0.717) is 18.1 Å². The second kappa shape index (κ2) is 5.51. The zero-order valence-corrected chi connectivity index (χ0v) is 10.8. The first-order valence-corrected chi connectivity index (χ1v) is 5.74. The Morgan fingerprint density at radius 3 is 2.56 bits per heavy atom. The van der Waals surface area contributed by atoms with Gasteiger partial charge in [-0.2, -0.15) is 0 Å². The maximum absolute atomic E-state index is 13.2. The van der Waals surface area contributed by atoms with Crippen LogP contribution in [0.15, 0.2) is 16.5 Å². The van der Waals surface area contributed by atoms with Crippen LogP contribution in [-0.4, -0.2) is 17.2 Å². The van der Waals surface area contributed by atoms with Crippen LogP contribution in [0.4, 0.5) is 16.1 Å². The van der Waals surface area contributed by atoms with Crippen LogP contribution in [-0.2, 0) is 6.54 Å². The van der Waals surface area contributed by atoms with Crippen molar-refractivity contribution in [3.05, 3.63) is 33.9 Å². The van der Waals surface area contributed by atoms with Crippen molar-refractivity contribution in [1.82, 2.24) is 15.5 Å². The van der Waals surface area contributed by atoms with Crippen molar-refractivity contribution in [3.8, 4) is 0 Å². The first-order chi connectivity index (χ1) is 8.60. The number of benzene rings is 1. The van der Waals surface area contributed by atoms with E-state index in [1.165, 1.54) is 12.1 Å². The number of hydrogen-bond donors (Lipinski definition) is 2. The lowest BCUT2D eigenvalue weighted by atomic mass is 10.3. The van der Waals surface area contributed by atoms with E-state index in [1.54, 1.807) is 7.05 Å². The Kier molecular flexibility index (Phi) is 4.00. The predicted octanol–water partition coefficient (Wildman–Crippen LogP) is 2.98. The molecule has 0 saturated heterocycles. The van der Waals surface area contributed by atoms with Gasteiger partial charge in [-0.05, 0) is 19.2 Å². The highest BCUT2D eigenvalue weighted by Crippen LogP contribution is 2.28. The second-order valence-corrected chi connectivity index (χ2v) is 4.22. The summed E-state index contributed by atoms with van der Waals surface area (Å²) in [6, 6.07) is 2.94. The Hall–Kier alpha value is -1.37. The summed E-state index contributed by atoms with van der Waals surface area (Å²) < 4.78 is 18.5. The number of rotatable bonds is 4. The third-order valence-corrected chi connectivity index (χ3v) is 2.58. The predicted molar refractivity (Wildman–Crippen MR) is 66.8 cm³/mol. The summed E-state index contributed by atoms with van der Waals surface area (Å²) in [5, 5.41) is 13.0. The van der Waals surface area contributed by atoms with E-state index in [2.05, 4.69) is 20.8 Å². The minimum atomic E-state index is -0.662. The number of halogens is 3. The lowest BCUT2D eigenvalue weighted by Gasteiger charge is -2.04. The van der Waals surface area contributed by atoms with Gasteiger partial charge in [-0.15, -0.1) is 5.10 Å². The Morgan fingerprint density at radius 1 is 1.28 bits per heavy atom. The third-order valence-electron chi connectivity index (χ3n) is 2.03. The van der Waals surface area contributed by atoms with E-state index in [-0.39, 0.29) is 16.1 Å². The van der Waals surface area contributed by atoms with E-state index in [0.717, 1.165) is 0 Å². The molecule has 2 rings (SSSR count). The lowest BCUT2D eigenvalue weighted by Crippen LogP contribution is -2.04. The summed E-state index contributed by atoms with van der Waals surface area (Å²) in [4.78, 5) is 0. The van der Waals surface area contributed by atoms with Gasteiger partial charge in [0.1, 0.15) is 0 Å². The first kappa shape index (κ1) is 13.1.